The first-order chi connectivity index (χ1) is 15.9. The number of para-hydroxylation sites is 1. The standard InChI is InChI=1S/C25H24F3N3O2/c26-25(27,28)20-11-12-23(29-17-20)30-13-6-14-31(16-15-30)24(32)18-33-22-10-5-4-9-21(22)19-7-2-1-3-8-19/h1-5,7-12,17H,6,13-16,18H2. The molecule has 1 amide bonds. The molecule has 172 valence electrons. The van der Waals surface area contributed by atoms with Gasteiger partial charge in [-0.05, 0) is 30.2 Å². The zero-order chi connectivity index (χ0) is 23.3. The molecule has 0 N–H and O–H groups in total. The third kappa shape index (κ3) is 5.63. The number of pyridine rings is 1. The van der Waals surface area contributed by atoms with E-state index >= 15 is 0 Å². The van der Waals surface area contributed by atoms with Gasteiger partial charge in [-0.1, -0.05) is 48.5 Å². The summed E-state index contributed by atoms with van der Waals surface area (Å²) in [5.74, 6) is 0.993. The van der Waals surface area contributed by atoms with Crippen LogP contribution in [0.4, 0.5) is 19.0 Å². The van der Waals surface area contributed by atoms with Crippen molar-refractivity contribution in [2.45, 2.75) is 12.6 Å². The Balaban J connectivity index is 1.35. The molecule has 0 unspecified atom stereocenters. The van der Waals surface area contributed by atoms with Gasteiger partial charge in [0.15, 0.2) is 6.61 Å². The Kier molecular flexibility index (Phi) is 6.82. The van der Waals surface area contributed by atoms with Crippen molar-refractivity contribution >= 4 is 11.7 Å². The van der Waals surface area contributed by atoms with Crippen molar-refractivity contribution < 1.29 is 22.7 Å². The van der Waals surface area contributed by atoms with Crippen molar-refractivity contribution in [2.75, 3.05) is 37.7 Å². The quantitative estimate of drug-likeness (QED) is 0.550. The van der Waals surface area contributed by atoms with Crippen molar-refractivity contribution in [2.24, 2.45) is 0 Å². The highest BCUT2D eigenvalue weighted by atomic mass is 19.4. The fraction of sp³-hybridized carbons (Fsp3) is 0.280. The molecule has 4 rings (SSSR count). The van der Waals surface area contributed by atoms with Gasteiger partial charge < -0.3 is 14.5 Å². The summed E-state index contributed by atoms with van der Waals surface area (Å²) in [5.41, 5.74) is 1.15. The lowest BCUT2D eigenvalue weighted by Crippen LogP contribution is -2.38. The van der Waals surface area contributed by atoms with E-state index in [0.717, 1.165) is 23.4 Å². The van der Waals surface area contributed by atoms with Crippen LogP contribution in [0.15, 0.2) is 72.9 Å². The SMILES string of the molecule is O=C(COc1ccccc1-c1ccccc1)N1CCCN(c2ccc(C(F)(F)F)cn2)CC1. The summed E-state index contributed by atoms with van der Waals surface area (Å²) in [5, 5.41) is 0. The molecule has 0 aliphatic carbocycles. The zero-order valence-corrected chi connectivity index (χ0v) is 18.0. The Bertz CT molecular complexity index is 1070. The number of hydrogen-bond acceptors (Lipinski definition) is 4. The van der Waals surface area contributed by atoms with Crippen LogP contribution in [-0.4, -0.2) is 48.6 Å². The van der Waals surface area contributed by atoms with Crippen LogP contribution in [0.3, 0.4) is 0 Å². The van der Waals surface area contributed by atoms with E-state index in [9.17, 15) is 18.0 Å². The second kappa shape index (κ2) is 9.94. The van der Waals surface area contributed by atoms with Gasteiger partial charge in [-0.3, -0.25) is 4.79 Å². The molecule has 1 fully saturated rings. The number of amides is 1. The lowest BCUT2D eigenvalue weighted by Gasteiger charge is -2.23. The van der Waals surface area contributed by atoms with Crippen molar-refractivity contribution in [3.8, 4) is 16.9 Å². The average Bonchev–Trinajstić information content (AvgIpc) is 3.09. The summed E-state index contributed by atoms with van der Waals surface area (Å²) in [6.07, 6.45) is -2.87. The maximum absolute atomic E-state index is 12.8. The van der Waals surface area contributed by atoms with Crippen LogP contribution in [0.2, 0.25) is 0 Å². The summed E-state index contributed by atoms with van der Waals surface area (Å²) >= 11 is 0. The van der Waals surface area contributed by atoms with Crippen LogP contribution in [0, 0.1) is 0 Å². The molecule has 8 heteroatoms. The molecule has 1 aliphatic rings. The summed E-state index contributed by atoms with van der Waals surface area (Å²) in [7, 11) is 0. The van der Waals surface area contributed by atoms with Crippen LogP contribution < -0.4 is 9.64 Å². The Hall–Kier alpha value is -3.55. The highest BCUT2D eigenvalue weighted by Crippen LogP contribution is 2.30. The van der Waals surface area contributed by atoms with Crippen LogP contribution in [0.5, 0.6) is 5.75 Å². The third-order valence-electron chi connectivity index (χ3n) is 5.57. The third-order valence-corrected chi connectivity index (χ3v) is 5.57. The minimum atomic E-state index is -4.41. The number of carbonyl (C=O) groups is 1. The van der Waals surface area contributed by atoms with Gasteiger partial charge in [-0.15, -0.1) is 0 Å². The van der Waals surface area contributed by atoms with Gasteiger partial charge in [0, 0.05) is 37.9 Å². The Morgan fingerprint density at radius 2 is 1.67 bits per heavy atom. The fourth-order valence-corrected chi connectivity index (χ4v) is 3.82. The van der Waals surface area contributed by atoms with Crippen molar-refractivity contribution in [1.82, 2.24) is 9.88 Å². The largest absolute Gasteiger partial charge is 0.483 e. The molecule has 1 saturated heterocycles. The normalized spacial score (nSPS) is 14.6. The number of anilines is 1. The van der Waals surface area contributed by atoms with Gasteiger partial charge in [0.1, 0.15) is 11.6 Å². The highest BCUT2D eigenvalue weighted by molar-refractivity contribution is 5.78. The Labute approximate surface area is 190 Å². The van der Waals surface area contributed by atoms with E-state index in [1.165, 1.54) is 6.07 Å². The summed E-state index contributed by atoms with van der Waals surface area (Å²) < 4.78 is 44.2. The Morgan fingerprint density at radius 1 is 0.909 bits per heavy atom. The fourth-order valence-electron chi connectivity index (χ4n) is 3.82. The molecule has 2 aromatic carbocycles. The van der Waals surface area contributed by atoms with Crippen molar-refractivity contribution in [1.29, 1.82) is 0 Å². The van der Waals surface area contributed by atoms with Gasteiger partial charge >= 0.3 is 6.18 Å². The molecule has 1 aromatic heterocycles. The minimum Gasteiger partial charge on any atom is -0.483 e. The number of alkyl halides is 3. The number of nitrogens with zero attached hydrogens (tertiary/aromatic N) is 3. The van der Waals surface area contributed by atoms with Crippen LogP contribution in [-0.2, 0) is 11.0 Å². The summed E-state index contributed by atoms with van der Waals surface area (Å²) in [6, 6.07) is 19.8. The number of carbonyl (C=O) groups excluding carboxylic acids is 1. The van der Waals surface area contributed by atoms with E-state index < -0.39 is 11.7 Å². The molecule has 1 aliphatic heterocycles. The summed E-state index contributed by atoms with van der Waals surface area (Å²) in [6.45, 7) is 2.03. The molecule has 2 heterocycles. The van der Waals surface area contributed by atoms with Crippen LogP contribution in [0.25, 0.3) is 11.1 Å². The number of rotatable bonds is 5. The second-order valence-electron chi connectivity index (χ2n) is 7.78. The predicted octanol–water partition coefficient (Wildman–Crippen LogP) is 4.89. The topological polar surface area (TPSA) is 45.7 Å². The maximum atomic E-state index is 12.8. The molecule has 5 nitrogen and oxygen atoms in total. The van der Waals surface area contributed by atoms with Crippen molar-refractivity contribution in [3.05, 3.63) is 78.5 Å². The minimum absolute atomic E-state index is 0.0810. The molecule has 0 radical (unpaired) electrons. The molecular formula is C25H24F3N3O2. The van der Waals surface area contributed by atoms with E-state index in [1.54, 1.807) is 4.90 Å². The molecular weight excluding hydrogens is 431 g/mol. The monoisotopic (exact) mass is 455 g/mol. The first-order valence-electron chi connectivity index (χ1n) is 10.7. The lowest BCUT2D eigenvalue weighted by atomic mass is 10.1. The van der Waals surface area contributed by atoms with Gasteiger partial charge in [0.2, 0.25) is 0 Å². The number of benzene rings is 2. The van der Waals surface area contributed by atoms with E-state index in [1.807, 2.05) is 59.5 Å². The highest BCUT2D eigenvalue weighted by Gasteiger charge is 2.31. The van der Waals surface area contributed by atoms with Crippen molar-refractivity contribution in [3.63, 3.8) is 0 Å². The predicted molar refractivity (Wildman–Crippen MR) is 120 cm³/mol. The number of hydrogen-bond donors (Lipinski definition) is 0. The second-order valence-corrected chi connectivity index (χ2v) is 7.78. The molecule has 3 aromatic rings. The molecule has 0 bridgehead atoms. The van der Waals surface area contributed by atoms with Gasteiger partial charge in [-0.25, -0.2) is 4.98 Å². The van der Waals surface area contributed by atoms with Gasteiger partial charge in [-0.2, -0.15) is 13.2 Å². The number of halogens is 3. The van der Waals surface area contributed by atoms with Crippen LogP contribution in [0.1, 0.15) is 12.0 Å². The smallest absolute Gasteiger partial charge is 0.417 e. The molecule has 33 heavy (non-hydrogen) atoms. The van der Waals surface area contributed by atoms with E-state index in [0.29, 0.717) is 44.2 Å². The van der Waals surface area contributed by atoms with Gasteiger partial charge in [0.05, 0.1) is 5.56 Å². The first-order valence-corrected chi connectivity index (χ1v) is 10.7. The maximum Gasteiger partial charge on any atom is 0.417 e. The molecule has 0 saturated carbocycles. The number of ether oxygens (including phenoxy) is 1. The van der Waals surface area contributed by atoms with E-state index in [-0.39, 0.29) is 12.5 Å². The van der Waals surface area contributed by atoms with Crippen LogP contribution >= 0.6 is 0 Å². The van der Waals surface area contributed by atoms with Gasteiger partial charge in [0.25, 0.3) is 5.91 Å². The molecule has 0 spiro atoms. The lowest BCUT2D eigenvalue weighted by molar-refractivity contribution is -0.137. The Morgan fingerprint density at radius 3 is 2.39 bits per heavy atom. The average molecular weight is 455 g/mol. The molecule has 0 atom stereocenters. The van der Waals surface area contributed by atoms with E-state index in [2.05, 4.69) is 4.98 Å². The van der Waals surface area contributed by atoms with E-state index in [4.69, 9.17) is 4.74 Å². The number of aromatic nitrogens is 1. The summed E-state index contributed by atoms with van der Waals surface area (Å²) in [4.78, 5) is 20.4. The zero-order valence-electron chi connectivity index (χ0n) is 18.0. The first kappa shape index (κ1) is 22.6.